The molecule has 3 rings (SSSR count). The number of benzene rings is 3. The maximum atomic E-state index is 12.7. The minimum absolute atomic E-state index is 0.224. The number of nitrogens with zero attached hydrogens (tertiary/aromatic N) is 1. The van der Waals surface area contributed by atoms with E-state index in [1.54, 1.807) is 24.3 Å². The van der Waals surface area contributed by atoms with E-state index >= 15 is 0 Å². The molecule has 0 radical (unpaired) electrons. The molecule has 166 valence electrons. The molecule has 0 saturated carbocycles. The molecule has 3 aromatic carbocycles. The molecule has 5 nitrogen and oxygen atoms in total. The summed E-state index contributed by atoms with van der Waals surface area (Å²) in [5.41, 5.74) is 2.97. The van der Waals surface area contributed by atoms with Crippen LogP contribution in [0.5, 0.6) is 11.5 Å². The highest BCUT2D eigenvalue weighted by Crippen LogP contribution is 2.29. The number of nitrogens with one attached hydrogen (secondary N) is 1. The fraction of sp³-hybridized carbons (Fsp3) is 0.167. The fourth-order valence-electron chi connectivity index (χ4n) is 2.74. The van der Waals surface area contributed by atoms with E-state index < -0.39 is 17.6 Å². The van der Waals surface area contributed by atoms with E-state index in [0.29, 0.717) is 24.5 Å². The van der Waals surface area contributed by atoms with Gasteiger partial charge in [-0.2, -0.15) is 18.3 Å². The van der Waals surface area contributed by atoms with Crippen LogP contribution in [0.15, 0.2) is 77.9 Å². The van der Waals surface area contributed by atoms with Gasteiger partial charge in [0, 0.05) is 5.56 Å². The molecule has 0 aliphatic heterocycles. The molecule has 0 heterocycles. The van der Waals surface area contributed by atoms with Crippen molar-refractivity contribution in [2.75, 3.05) is 6.61 Å². The van der Waals surface area contributed by atoms with Gasteiger partial charge in [0.1, 0.15) is 18.1 Å². The van der Waals surface area contributed by atoms with E-state index in [4.69, 9.17) is 9.47 Å². The zero-order chi connectivity index (χ0) is 23.0. The summed E-state index contributed by atoms with van der Waals surface area (Å²) in [4.78, 5) is 12.2. The number of hydrogen-bond donors (Lipinski definition) is 1. The Hall–Kier alpha value is -3.81. The third kappa shape index (κ3) is 6.60. The Morgan fingerprint density at radius 2 is 1.62 bits per heavy atom. The predicted octanol–water partition coefficient (Wildman–Crippen LogP) is 5.45. The van der Waals surface area contributed by atoms with Gasteiger partial charge in [0.15, 0.2) is 0 Å². The second-order valence-corrected chi connectivity index (χ2v) is 6.71. The molecule has 0 aliphatic rings. The first-order chi connectivity index (χ1) is 15.3. The summed E-state index contributed by atoms with van der Waals surface area (Å²) in [7, 11) is 0. The van der Waals surface area contributed by atoms with Crippen molar-refractivity contribution in [3.05, 3.63) is 95.1 Å². The van der Waals surface area contributed by atoms with Crippen molar-refractivity contribution in [3.63, 3.8) is 0 Å². The van der Waals surface area contributed by atoms with Crippen molar-refractivity contribution in [2.45, 2.75) is 19.7 Å². The predicted molar refractivity (Wildman–Crippen MR) is 115 cm³/mol. The van der Waals surface area contributed by atoms with Gasteiger partial charge in [-0.25, -0.2) is 5.43 Å². The van der Waals surface area contributed by atoms with Gasteiger partial charge >= 0.3 is 6.18 Å². The van der Waals surface area contributed by atoms with Crippen molar-refractivity contribution in [1.29, 1.82) is 0 Å². The minimum Gasteiger partial charge on any atom is -0.494 e. The van der Waals surface area contributed by atoms with Crippen LogP contribution in [0.1, 0.15) is 34.0 Å². The molecule has 1 amide bonds. The van der Waals surface area contributed by atoms with E-state index in [0.717, 1.165) is 29.7 Å². The largest absolute Gasteiger partial charge is 0.494 e. The molecular formula is C24H21F3N2O3. The van der Waals surface area contributed by atoms with Crippen molar-refractivity contribution in [3.8, 4) is 11.5 Å². The Balaban J connectivity index is 1.52. The molecule has 0 saturated heterocycles. The first kappa shape index (κ1) is 22.9. The molecule has 32 heavy (non-hydrogen) atoms. The van der Waals surface area contributed by atoms with Crippen LogP contribution in [0.25, 0.3) is 0 Å². The Morgan fingerprint density at radius 1 is 0.969 bits per heavy atom. The van der Waals surface area contributed by atoms with Crippen LogP contribution in [-0.4, -0.2) is 18.7 Å². The van der Waals surface area contributed by atoms with Crippen molar-refractivity contribution in [2.24, 2.45) is 5.10 Å². The first-order valence-corrected chi connectivity index (χ1v) is 9.80. The SMILES string of the molecule is CCOc1ccc(OCc2ccc(C(=O)NN=Cc3cccc(C(F)(F)F)c3)cc2)cc1. The summed E-state index contributed by atoms with van der Waals surface area (Å²) in [6.07, 6.45) is -3.28. The lowest BCUT2D eigenvalue weighted by Crippen LogP contribution is -2.17. The Kier molecular flexibility index (Phi) is 7.49. The van der Waals surface area contributed by atoms with Crippen LogP contribution in [0.2, 0.25) is 0 Å². The van der Waals surface area contributed by atoms with Crippen LogP contribution < -0.4 is 14.9 Å². The number of amides is 1. The standard InChI is InChI=1S/C24H21F3N2O3/c1-2-31-21-10-12-22(13-11-21)32-16-17-6-8-19(9-7-17)23(30)29-28-15-18-4-3-5-20(14-18)24(25,26)27/h3-15H,2,16H2,1H3,(H,29,30). The molecule has 0 aromatic heterocycles. The number of hydrogen-bond acceptors (Lipinski definition) is 4. The summed E-state index contributed by atoms with van der Waals surface area (Å²) in [6.45, 7) is 2.83. The van der Waals surface area contributed by atoms with Crippen LogP contribution in [0, 0.1) is 0 Å². The Bertz CT molecular complexity index is 1060. The van der Waals surface area contributed by atoms with Gasteiger partial charge in [-0.15, -0.1) is 0 Å². The van der Waals surface area contributed by atoms with Crippen LogP contribution in [-0.2, 0) is 12.8 Å². The summed E-state index contributed by atoms with van der Waals surface area (Å²) in [5.74, 6) is 0.984. The third-order valence-electron chi connectivity index (χ3n) is 4.35. The molecule has 3 aromatic rings. The number of alkyl halides is 3. The third-order valence-corrected chi connectivity index (χ3v) is 4.35. The van der Waals surface area contributed by atoms with E-state index in [-0.39, 0.29) is 5.56 Å². The number of ether oxygens (including phenoxy) is 2. The van der Waals surface area contributed by atoms with Gasteiger partial charge < -0.3 is 9.47 Å². The molecule has 0 unspecified atom stereocenters. The molecule has 0 aliphatic carbocycles. The van der Waals surface area contributed by atoms with E-state index in [1.807, 2.05) is 31.2 Å². The normalized spacial score (nSPS) is 11.4. The smallest absolute Gasteiger partial charge is 0.416 e. The monoisotopic (exact) mass is 442 g/mol. The van der Waals surface area contributed by atoms with Crippen LogP contribution in [0.4, 0.5) is 13.2 Å². The highest BCUT2D eigenvalue weighted by atomic mass is 19.4. The highest BCUT2D eigenvalue weighted by molar-refractivity contribution is 5.94. The van der Waals surface area contributed by atoms with Gasteiger partial charge in [-0.05, 0) is 66.6 Å². The van der Waals surface area contributed by atoms with Crippen LogP contribution in [0.3, 0.4) is 0 Å². The van der Waals surface area contributed by atoms with Crippen molar-refractivity contribution in [1.82, 2.24) is 5.43 Å². The average Bonchev–Trinajstić information content (AvgIpc) is 2.79. The number of carbonyl (C=O) groups is 1. The Labute approximate surface area is 183 Å². The van der Waals surface area contributed by atoms with Crippen LogP contribution >= 0.6 is 0 Å². The lowest BCUT2D eigenvalue weighted by Gasteiger charge is -2.08. The van der Waals surface area contributed by atoms with Gasteiger partial charge in [-0.3, -0.25) is 4.79 Å². The highest BCUT2D eigenvalue weighted by Gasteiger charge is 2.30. The molecule has 0 bridgehead atoms. The first-order valence-electron chi connectivity index (χ1n) is 9.80. The second kappa shape index (κ2) is 10.5. The number of halogens is 3. The van der Waals surface area contributed by atoms with E-state index in [1.165, 1.54) is 12.1 Å². The maximum Gasteiger partial charge on any atom is 0.416 e. The van der Waals surface area contributed by atoms with Crippen molar-refractivity contribution >= 4 is 12.1 Å². The summed E-state index contributed by atoms with van der Waals surface area (Å²) < 4.78 is 49.3. The molecule has 0 atom stereocenters. The zero-order valence-corrected chi connectivity index (χ0v) is 17.2. The van der Waals surface area contributed by atoms with E-state index in [2.05, 4.69) is 10.5 Å². The average molecular weight is 442 g/mol. The summed E-state index contributed by atoms with van der Waals surface area (Å²) in [5, 5.41) is 3.73. The fourth-order valence-corrected chi connectivity index (χ4v) is 2.74. The number of rotatable bonds is 8. The minimum atomic E-state index is -4.44. The molecule has 0 spiro atoms. The maximum absolute atomic E-state index is 12.7. The second-order valence-electron chi connectivity index (χ2n) is 6.71. The number of carbonyl (C=O) groups excluding carboxylic acids is 1. The van der Waals surface area contributed by atoms with Crippen molar-refractivity contribution < 1.29 is 27.4 Å². The van der Waals surface area contributed by atoms with E-state index in [9.17, 15) is 18.0 Å². The van der Waals surface area contributed by atoms with Gasteiger partial charge in [0.05, 0.1) is 18.4 Å². The van der Waals surface area contributed by atoms with Gasteiger partial charge in [0.2, 0.25) is 0 Å². The molecule has 0 fully saturated rings. The lowest BCUT2D eigenvalue weighted by atomic mass is 10.1. The molecule has 1 N–H and O–H groups in total. The van der Waals surface area contributed by atoms with Gasteiger partial charge in [0.25, 0.3) is 5.91 Å². The number of hydrazone groups is 1. The topological polar surface area (TPSA) is 59.9 Å². The quantitative estimate of drug-likeness (QED) is 0.373. The molecular weight excluding hydrogens is 421 g/mol. The molecule has 8 heteroatoms. The zero-order valence-electron chi connectivity index (χ0n) is 17.2. The summed E-state index contributed by atoms with van der Waals surface area (Å²) in [6, 6.07) is 18.7. The van der Waals surface area contributed by atoms with Gasteiger partial charge in [-0.1, -0.05) is 24.3 Å². The Morgan fingerprint density at radius 3 is 2.25 bits per heavy atom. The summed E-state index contributed by atoms with van der Waals surface area (Å²) >= 11 is 0. The lowest BCUT2D eigenvalue weighted by molar-refractivity contribution is -0.137.